The molecule has 0 N–H and O–H groups in total. The van der Waals surface area contributed by atoms with Gasteiger partial charge in [0.1, 0.15) is 12.0 Å². The highest BCUT2D eigenvalue weighted by atomic mass is 32.2. The highest BCUT2D eigenvalue weighted by Gasteiger charge is 2.41. The van der Waals surface area contributed by atoms with Gasteiger partial charge in [-0.1, -0.05) is 5.16 Å². The molecule has 3 rings (SSSR count). The van der Waals surface area contributed by atoms with Crippen molar-refractivity contribution in [3.8, 4) is 0 Å². The average Bonchev–Trinajstić information content (AvgIpc) is 2.90. The van der Waals surface area contributed by atoms with Crippen molar-refractivity contribution < 1.29 is 17.7 Å². The summed E-state index contributed by atoms with van der Waals surface area (Å²) in [6, 6.07) is 1.49. The molecule has 2 aliphatic heterocycles. The van der Waals surface area contributed by atoms with Gasteiger partial charge in [-0.3, -0.25) is 0 Å². The summed E-state index contributed by atoms with van der Waals surface area (Å²) in [5.74, 6) is -0.115. The van der Waals surface area contributed by atoms with Crippen LogP contribution in [0.1, 0.15) is 12.1 Å². The Balaban J connectivity index is 1.80. The number of aromatic nitrogens is 1. The van der Waals surface area contributed by atoms with Gasteiger partial charge in [-0.2, -0.15) is 4.31 Å². The number of hydrogen-bond donors (Lipinski definition) is 0. The average molecular weight is 301 g/mol. The Bertz CT molecular complexity index is 545. The van der Waals surface area contributed by atoms with Crippen LogP contribution in [0.3, 0.4) is 0 Å². The fourth-order valence-corrected chi connectivity index (χ4v) is 4.58. The molecule has 7 nitrogen and oxygen atoms in total. The first-order valence-corrected chi connectivity index (χ1v) is 8.36. The van der Waals surface area contributed by atoms with Gasteiger partial charge in [-0.25, -0.2) is 8.42 Å². The molecule has 0 radical (unpaired) electrons. The van der Waals surface area contributed by atoms with Gasteiger partial charge in [0.15, 0.2) is 0 Å². The second-order valence-corrected chi connectivity index (χ2v) is 7.31. The lowest BCUT2D eigenvalue weighted by atomic mass is 10.0. The minimum atomic E-state index is -3.40. The maximum absolute atomic E-state index is 12.6. The van der Waals surface area contributed by atoms with E-state index in [-0.39, 0.29) is 17.9 Å². The third-order valence-corrected chi connectivity index (χ3v) is 5.74. The van der Waals surface area contributed by atoms with Crippen LogP contribution in [0.2, 0.25) is 0 Å². The van der Waals surface area contributed by atoms with Gasteiger partial charge in [0, 0.05) is 25.7 Å². The van der Waals surface area contributed by atoms with Gasteiger partial charge in [0.25, 0.3) is 0 Å². The molecule has 0 amide bonds. The number of ether oxygens (including phenoxy) is 1. The van der Waals surface area contributed by atoms with E-state index in [9.17, 15) is 8.42 Å². The lowest BCUT2D eigenvalue weighted by Crippen LogP contribution is -2.60. The molecule has 1 aromatic rings. The molecule has 2 aliphatic rings. The summed E-state index contributed by atoms with van der Waals surface area (Å²) in [6.45, 7) is 2.53. The summed E-state index contributed by atoms with van der Waals surface area (Å²) < 4.78 is 37.2. The van der Waals surface area contributed by atoms with E-state index in [0.717, 1.165) is 13.0 Å². The topological polar surface area (TPSA) is 75.9 Å². The van der Waals surface area contributed by atoms with E-state index in [0.29, 0.717) is 25.4 Å². The van der Waals surface area contributed by atoms with Crippen molar-refractivity contribution in [2.24, 2.45) is 0 Å². The zero-order chi connectivity index (χ0) is 14.2. The Hall–Kier alpha value is -0.960. The van der Waals surface area contributed by atoms with Gasteiger partial charge in [-0.05, 0) is 13.5 Å². The van der Waals surface area contributed by atoms with E-state index in [4.69, 9.17) is 9.26 Å². The molecule has 20 heavy (non-hydrogen) atoms. The number of likely N-dealkylation sites (tertiary alicyclic amines) is 1. The third-order valence-electron chi connectivity index (χ3n) is 3.92. The molecular formula is C12H19N3O4S. The maximum Gasteiger partial charge on any atom is 0.220 e. The quantitative estimate of drug-likeness (QED) is 0.776. The van der Waals surface area contributed by atoms with Crippen LogP contribution in [-0.2, 0) is 20.5 Å². The Morgan fingerprint density at radius 1 is 1.45 bits per heavy atom. The fraction of sp³-hybridized carbons (Fsp3) is 0.750. The number of piperidine rings is 1. The minimum absolute atomic E-state index is 0.00651. The molecule has 3 heterocycles. The molecule has 112 valence electrons. The Morgan fingerprint density at radius 2 is 2.30 bits per heavy atom. The molecule has 2 fully saturated rings. The van der Waals surface area contributed by atoms with Crippen molar-refractivity contribution in [2.45, 2.75) is 24.3 Å². The molecule has 2 saturated heterocycles. The number of rotatable bonds is 3. The van der Waals surface area contributed by atoms with Crippen LogP contribution in [0.25, 0.3) is 0 Å². The van der Waals surface area contributed by atoms with Gasteiger partial charge in [0.05, 0.1) is 24.4 Å². The molecule has 2 atom stereocenters. The van der Waals surface area contributed by atoms with Crippen LogP contribution in [0.5, 0.6) is 0 Å². The molecule has 0 bridgehead atoms. The molecule has 0 aromatic carbocycles. The smallest absolute Gasteiger partial charge is 0.220 e. The molecule has 0 spiro atoms. The second kappa shape index (κ2) is 5.44. The van der Waals surface area contributed by atoms with Crippen molar-refractivity contribution >= 4 is 10.0 Å². The number of hydrogen-bond acceptors (Lipinski definition) is 6. The van der Waals surface area contributed by atoms with Crippen molar-refractivity contribution in [1.29, 1.82) is 0 Å². The summed E-state index contributed by atoms with van der Waals surface area (Å²) in [4.78, 5) is 2.15. The molecule has 1 aromatic heterocycles. The zero-order valence-electron chi connectivity index (χ0n) is 11.4. The summed E-state index contributed by atoms with van der Waals surface area (Å²) in [7, 11) is -1.39. The van der Waals surface area contributed by atoms with Gasteiger partial charge >= 0.3 is 0 Å². The normalized spacial score (nSPS) is 29.2. The van der Waals surface area contributed by atoms with Crippen molar-refractivity contribution in [3.63, 3.8) is 0 Å². The van der Waals surface area contributed by atoms with Crippen molar-refractivity contribution in [1.82, 2.24) is 14.4 Å². The van der Waals surface area contributed by atoms with E-state index in [2.05, 4.69) is 10.1 Å². The molecule has 0 saturated carbocycles. The largest absolute Gasteiger partial charge is 0.375 e. The first-order valence-electron chi connectivity index (χ1n) is 6.75. The Labute approximate surface area is 118 Å². The number of sulfonamides is 1. The summed E-state index contributed by atoms with van der Waals surface area (Å²) >= 11 is 0. The predicted octanol–water partition coefficient (Wildman–Crippen LogP) is -0.0907. The second-order valence-electron chi connectivity index (χ2n) is 5.39. The summed E-state index contributed by atoms with van der Waals surface area (Å²) in [5, 5.41) is 3.69. The first-order chi connectivity index (χ1) is 9.56. The van der Waals surface area contributed by atoms with Crippen LogP contribution >= 0.6 is 0 Å². The molecule has 2 unspecified atom stereocenters. The SMILES string of the molecule is CN1CCC2OCCN(S(=O)(=O)Cc3ccon3)C2C1. The lowest BCUT2D eigenvalue weighted by molar-refractivity contribution is -0.0720. The summed E-state index contributed by atoms with van der Waals surface area (Å²) in [5.41, 5.74) is 0.442. The highest BCUT2D eigenvalue weighted by Crippen LogP contribution is 2.26. The van der Waals surface area contributed by atoms with Crippen LogP contribution < -0.4 is 0 Å². The molecule has 8 heteroatoms. The van der Waals surface area contributed by atoms with Crippen LogP contribution in [0.4, 0.5) is 0 Å². The summed E-state index contributed by atoms with van der Waals surface area (Å²) in [6.07, 6.45) is 2.27. The Morgan fingerprint density at radius 3 is 3.05 bits per heavy atom. The van der Waals surface area contributed by atoms with Crippen molar-refractivity contribution in [3.05, 3.63) is 18.0 Å². The molecule has 0 aliphatic carbocycles. The number of likely N-dealkylation sites (N-methyl/N-ethyl adjacent to an activating group) is 1. The third kappa shape index (κ3) is 2.73. The van der Waals surface area contributed by atoms with Gasteiger partial charge in [0.2, 0.25) is 10.0 Å². The highest BCUT2D eigenvalue weighted by molar-refractivity contribution is 7.88. The monoisotopic (exact) mass is 301 g/mol. The maximum atomic E-state index is 12.6. The van der Waals surface area contributed by atoms with Gasteiger partial charge < -0.3 is 14.2 Å². The van der Waals surface area contributed by atoms with Crippen molar-refractivity contribution in [2.75, 3.05) is 33.3 Å². The Kier molecular flexibility index (Phi) is 3.80. The standard InChI is InChI=1S/C12H19N3O4S/c1-14-4-2-12-11(8-14)15(5-7-18-12)20(16,17)9-10-3-6-19-13-10/h3,6,11-12H,2,4-5,7-9H2,1H3. The van der Waals surface area contributed by atoms with E-state index >= 15 is 0 Å². The van der Waals surface area contributed by atoms with Gasteiger partial charge in [-0.15, -0.1) is 0 Å². The van der Waals surface area contributed by atoms with E-state index in [1.807, 2.05) is 7.05 Å². The zero-order valence-corrected chi connectivity index (χ0v) is 12.3. The van der Waals surface area contributed by atoms with E-state index in [1.54, 1.807) is 10.4 Å². The van der Waals surface area contributed by atoms with E-state index < -0.39 is 10.0 Å². The lowest BCUT2D eigenvalue weighted by Gasteiger charge is -2.45. The van der Waals surface area contributed by atoms with Crippen LogP contribution in [0, 0.1) is 0 Å². The fourth-order valence-electron chi connectivity index (χ4n) is 2.93. The number of nitrogens with zero attached hydrogens (tertiary/aromatic N) is 3. The first kappa shape index (κ1) is 14.0. The number of fused-ring (bicyclic) bond motifs is 1. The predicted molar refractivity (Wildman–Crippen MR) is 71.5 cm³/mol. The number of morpholine rings is 1. The van der Waals surface area contributed by atoms with Crippen LogP contribution in [-0.4, -0.2) is 68.2 Å². The minimum Gasteiger partial charge on any atom is -0.375 e. The molecular weight excluding hydrogens is 282 g/mol. The van der Waals surface area contributed by atoms with E-state index in [1.165, 1.54) is 6.26 Å². The van der Waals surface area contributed by atoms with Crippen LogP contribution in [0.15, 0.2) is 16.9 Å².